The van der Waals surface area contributed by atoms with Gasteiger partial charge in [0.25, 0.3) is 0 Å². The predicted octanol–water partition coefficient (Wildman–Crippen LogP) is 2.45. The smallest absolute Gasteiger partial charge is 0.0954 e. The third-order valence-corrected chi connectivity index (χ3v) is 2.93. The second-order valence-corrected chi connectivity index (χ2v) is 4.07. The topological polar surface area (TPSA) is 29.9 Å². The molecule has 0 aliphatic carbocycles. The Labute approximate surface area is 92.9 Å². The van der Waals surface area contributed by atoms with Crippen molar-refractivity contribution in [1.29, 1.82) is 0 Å². The molecular formula is C12H23N3. The zero-order valence-corrected chi connectivity index (χ0v) is 10.4. The van der Waals surface area contributed by atoms with Crippen LogP contribution in [0.15, 0.2) is 6.33 Å². The Bertz CT molecular complexity index is 291. The molecule has 86 valence electrons. The quantitative estimate of drug-likeness (QED) is 0.780. The van der Waals surface area contributed by atoms with E-state index in [0.717, 1.165) is 18.8 Å². The van der Waals surface area contributed by atoms with E-state index >= 15 is 0 Å². The first-order valence-electron chi connectivity index (χ1n) is 5.91. The maximum absolute atomic E-state index is 4.36. The van der Waals surface area contributed by atoms with E-state index < -0.39 is 0 Å². The van der Waals surface area contributed by atoms with Crippen LogP contribution in [-0.2, 0) is 0 Å². The zero-order chi connectivity index (χ0) is 11.3. The summed E-state index contributed by atoms with van der Waals surface area (Å²) in [5, 5.41) is 3.42. The van der Waals surface area contributed by atoms with Gasteiger partial charge in [-0.1, -0.05) is 20.3 Å². The van der Waals surface area contributed by atoms with E-state index in [4.69, 9.17) is 0 Å². The van der Waals surface area contributed by atoms with Gasteiger partial charge < -0.3 is 9.88 Å². The fraction of sp³-hybridized carbons (Fsp3) is 0.750. The van der Waals surface area contributed by atoms with Crippen molar-refractivity contribution in [2.45, 2.75) is 46.6 Å². The molecule has 0 radical (unpaired) electrons. The normalized spacial score (nSPS) is 13.1. The Morgan fingerprint density at radius 1 is 1.40 bits per heavy atom. The van der Waals surface area contributed by atoms with Crippen LogP contribution in [0, 0.1) is 13.8 Å². The monoisotopic (exact) mass is 209 g/mol. The van der Waals surface area contributed by atoms with Crippen LogP contribution >= 0.6 is 0 Å². The molecular weight excluding hydrogens is 186 g/mol. The van der Waals surface area contributed by atoms with Gasteiger partial charge in [-0.05, 0) is 26.8 Å². The molecule has 1 rings (SSSR count). The van der Waals surface area contributed by atoms with E-state index in [-0.39, 0.29) is 0 Å². The first-order chi connectivity index (χ1) is 7.20. The van der Waals surface area contributed by atoms with E-state index in [1.54, 1.807) is 0 Å². The maximum atomic E-state index is 4.36. The van der Waals surface area contributed by atoms with Gasteiger partial charge >= 0.3 is 0 Å². The molecule has 0 aliphatic rings. The van der Waals surface area contributed by atoms with E-state index in [1.807, 2.05) is 6.33 Å². The molecule has 1 aromatic heterocycles. The van der Waals surface area contributed by atoms with Crippen LogP contribution in [0.3, 0.4) is 0 Å². The number of likely N-dealkylation sites (N-methyl/N-ethyl adjacent to an activating group) is 1. The standard InChI is InChI=1S/C12H23N3/c1-5-7-12(8-13-6-2)15-9-14-10(3)11(15)4/h9,12-13H,5-8H2,1-4H3. The molecule has 1 heterocycles. The zero-order valence-electron chi connectivity index (χ0n) is 10.4. The van der Waals surface area contributed by atoms with Crippen LogP contribution in [0.4, 0.5) is 0 Å². The minimum absolute atomic E-state index is 0.552. The summed E-state index contributed by atoms with van der Waals surface area (Å²) in [5.41, 5.74) is 2.44. The molecule has 1 atom stereocenters. The van der Waals surface area contributed by atoms with Crippen molar-refractivity contribution in [3.8, 4) is 0 Å². The maximum Gasteiger partial charge on any atom is 0.0954 e. The highest BCUT2D eigenvalue weighted by atomic mass is 15.1. The number of hydrogen-bond acceptors (Lipinski definition) is 2. The predicted molar refractivity (Wildman–Crippen MR) is 64.2 cm³/mol. The van der Waals surface area contributed by atoms with Crippen molar-refractivity contribution in [1.82, 2.24) is 14.9 Å². The Balaban J connectivity index is 2.74. The van der Waals surface area contributed by atoms with Crippen LogP contribution in [-0.4, -0.2) is 22.6 Å². The van der Waals surface area contributed by atoms with Crippen LogP contribution in [0.2, 0.25) is 0 Å². The van der Waals surface area contributed by atoms with Crippen LogP contribution in [0.25, 0.3) is 0 Å². The van der Waals surface area contributed by atoms with Gasteiger partial charge in [0.15, 0.2) is 0 Å². The van der Waals surface area contributed by atoms with E-state index in [9.17, 15) is 0 Å². The first kappa shape index (κ1) is 12.2. The minimum atomic E-state index is 0.552. The number of nitrogens with zero attached hydrogens (tertiary/aromatic N) is 2. The number of rotatable bonds is 6. The largest absolute Gasteiger partial charge is 0.330 e. The van der Waals surface area contributed by atoms with Crippen molar-refractivity contribution in [3.05, 3.63) is 17.7 Å². The van der Waals surface area contributed by atoms with Crippen LogP contribution in [0.5, 0.6) is 0 Å². The second kappa shape index (κ2) is 5.91. The van der Waals surface area contributed by atoms with E-state index in [2.05, 4.69) is 42.6 Å². The third-order valence-electron chi connectivity index (χ3n) is 2.93. The number of aromatic nitrogens is 2. The average molecular weight is 209 g/mol. The molecule has 3 nitrogen and oxygen atoms in total. The first-order valence-corrected chi connectivity index (χ1v) is 5.91. The Morgan fingerprint density at radius 2 is 2.13 bits per heavy atom. The highest BCUT2D eigenvalue weighted by Crippen LogP contribution is 2.17. The summed E-state index contributed by atoms with van der Waals surface area (Å²) in [4.78, 5) is 4.36. The van der Waals surface area contributed by atoms with Crippen LogP contribution in [0.1, 0.15) is 44.1 Å². The van der Waals surface area contributed by atoms with Crippen molar-refractivity contribution in [2.75, 3.05) is 13.1 Å². The number of imidazole rings is 1. The molecule has 1 aromatic rings. The Kier molecular flexibility index (Phi) is 4.82. The molecule has 0 fully saturated rings. The van der Waals surface area contributed by atoms with Crippen molar-refractivity contribution in [2.24, 2.45) is 0 Å². The van der Waals surface area contributed by atoms with Gasteiger partial charge in [0.2, 0.25) is 0 Å². The molecule has 1 N–H and O–H groups in total. The van der Waals surface area contributed by atoms with Gasteiger partial charge in [-0.15, -0.1) is 0 Å². The molecule has 0 bridgehead atoms. The lowest BCUT2D eigenvalue weighted by Gasteiger charge is -2.20. The fourth-order valence-electron chi connectivity index (χ4n) is 1.87. The summed E-state index contributed by atoms with van der Waals surface area (Å²) in [7, 11) is 0. The molecule has 1 unspecified atom stereocenters. The summed E-state index contributed by atoms with van der Waals surface area (Å²) in [5.74, 6) is 0. The van der Waals surface area contributed by atoms with Crippen molar-refractivity contribution < 1.29 is 0 Å². The molecule has 0 saturated heterocycles. The van der Waals surface area contributed by atoms with Gasteiger partial charge in [-0.2, -0.15) is 0 Å². The third kappa shape index (κ3) is 3.06. The highest BCUT2D eigenvalue weighted by Gasteiger charge is 2.12. The van der Waals surface area contributed by atoms with Crippen LogP contribution < -0.4 is 5.32 Å². The lowest BCUT2D eigenvalue weighted by atomic mass is 10.1. The summed E-state index contributed by atoms with van der Waals surface area (Å²) in [6.07, 6.45) is 4.40. The minimum Gasteiger partial charge on any atom is -0.330 e. The second-order valence-electron chi connectivity index (χ2n) is 4.07. The summed E-state index contributed by atoms with van der Waals surface area (Å²) in [6, 6.07) is 0.552. The van der Waals surface area contributed by atoms with Gasteiger partial charge in [-0.3, -0.25) is 0 Å². The molecule has 0 aliphatic heterocycles. The lowest BCUT2D eigenvalue weighted by molar-refractivity contribution is 0.426. The fourth-order valence-corrected chi connectivity index (χ4v) is 1.87. The van der Waals surface area contributed by atoms with Gasteiger partial charge in [0.1, 0.15) is 0 Å². The van der Waals surface area contributed by atoms with Gasteiger partial charge in [0.05, 0.1) is 12.0 Å². The molecule has 3 heteroatoms. The Hall–Kier alpha value is -0.830. The van der Waals surface area contributed by atoms with Crippen molar-refractivity contribution in [3.63, 3.8) is 0 Å². The molecule has 0 aromatic carbocycles. The SMILES string of the molecule is CCCC(CNCC)n1cnc(C)c1C. The molecule has 0 amide bonds. The van der Waals surface area contributed by atoms with Crippen molar-refractivity contribution >= 4 is 0 Å². The lowest BCUT2D eigenvalue weighted by Crippen LogP contribution is -2.25. The summed E-state index contributed by atoms with van der Waals surface area (Å²) < 4.78 is 2.31. The highest BCUT2D eigenvalue weighted by molar-refractivity contribution is 5.09. The summed E-state index contributed by atoms with van der Waals surface area (Å²) in [6.45, 7) is 10.7. The average Bonchev–Trinajstić information content (AvgIpc) is 2.55. The number of nitrogens with one attached hydrogen (secondary N) is 1. The number of aryl methyl sites for hydroxylation is 1. The molecule has 0 spiro atoms. The molecule has 0 saturated carbocycles. The Morgan fingerprint density at radius 3 is 2.60 bits per heavy atom. The van der Waals surface area contributed by atoms with Gasteiger partial charge in [0, 0.05) is 18.3 Å². The summed E-state index contributed by atoms with van der Waals surface area (Å²) >= 11 is 0. The van der Waals surface area contributed by atoms with E-state index in [1.165, 1.54) is 18.5 Å². The van der Waals surface area contributed by atoms with Gasteiger partial charge in [-0.25, -0.2) is 4.98 Å². The van der Waals surface area contributed by atoms with E-state index in [0.29, 0.717) is 6.04 Å². The molecule has 15 heavy (non-hydrogen) atoms. The number of hydrogen-bond donors (Lipinski definition) is 1.